The standard InChI is InChI=1S/C29H25ClN4O5/c30-20-8-9-23-22(14-20)29(39-28(38)33-23)10-11-34(16-29)27(37)24(12-17-4-2-1-3-5-17)32-25(35)18-6-7-19-15-31-26(36)21(19)13-18/h1-9,13-14,24H,10-12,15-16H2,(H,31,36)(H,32,35)(H,33,38)/t24-,29?/m0/s1. The number of ether oxygens (including phenoxy) is 1. The van der Waals surface area contributed by atoms with E-state index in [-0.39, 0.29) is 24.8 Å². The van der Waals surface area contributed by atoms with Crippen LogP contribution in [0, 0.1) is 0 Å². The Kier molecular flexibility index (Phi) is 6.23. The van der Waals surface area contributed by atoms with Crippen molar-refractivity contribution in [3.8, 4) is 0 Å². The van der Waals surface area contributed by atoms with Crippen molar-refractivity contribution in [2.24, 2.45) is 0 Å². The average Bonchev–Trinajstić information content (AvgIpc) is 3.52. The Morgan fingerprint density at radius 2 is 1.90 bits per heavy atom. The molecule has 0 bridgehead atoms. The number of nitrogens with one attached hydrogen (secondary N) is 3. The summed E-state index contributed by atoms with van der Waals surface area (Å²) < 4.78 is 5.77. The quantitative estimate of drug-likeness (QED) is 0.454. The molecule has 2 atom stereocenters. The van der Waals surface area contributed by atoms with Crippen LogP contribution >= 0.6 is 11.6 Å². The van der Waals surface area contributed by atoms with Gasteiger partial charge in [0.1, 0.15) is 6.04 Å². The molecule has 3 N–H and O–H groups in total. The number of hydrogen-bond donors (Lipinski definition) is 3. The minimum Gasteiger partial charge on any atom is -0.436 e. The number of likely N-dealkylation sites (tertiary alicyclic amines) is 1. The lowest BCUT2D eigenvalue weighted by Gasteiger charge is -2.35. The van der Waals surface area contributed by atoms with Crippen molar-refractivity contribution in [1.82, 2.24) is 15.5 Å². The third kappa shape index (κ3) is 4.70. The maximum Gasteiger partial charge on any atom is 0.412 e. The molecule has 9 nitrogen and oxygen atoms in total. The van der Waals surface area contributed by atoms with E-state index in [1.54, 1.807) is 41.3 Å². The summed E-state index contributed by atoms with van der Waals surface area (Å²) in [4.78, 5) is 53.3. The number of anilines is 1. The Labute approximate surface area is 229 Å². The summed E-state index contributed by atoms with van der Waals surface area (Å²) in [5, 5.41) is 8.82. The van der Waals surface area contributed by atoms with E-state index in [0.717, 1.165) is 11.1 Å². The second-order valence-corrected chi connectivity index (χ2v) is 10.4. The van der Waals surface area contributed by atoms with Crippen LogP contribution in [-0.2, 0) is 28.1 Å². The van der Waals surface area contributed by atoms with Gasteiger partial charge >= 0.3 is 6.09 Å². The van der Waals surface area contributed by atoms with Crippen LogP contribution in [0.4, 0.5) is 10.5 Å². The number of hydrogen-bond acceptors (Lipinski definition) is 5. The van der Waals surface area contributed by atoms with Crippen LogP contribution in [0.3, 0.4) is 0 Å². The van der Waals surface area contributed by atoms with E-state index in [9.17, 15) is 19.2 Å². The lowest BCUT2D eigenvalue weighted by molar-refractivity contribution is -0.133. The SMILES string of the molecule is O=C1Nc2ccc(Cl)cc2C2(CCN(C(=O)[C@H](Cc3ccccc3)NC(=O)c3ccc4c(c3)C(=O)NC4)C2)O1. The minimum absolute atomic E-state index is 0.132. The normalized spacial score (nSPS) is 20.0. The van der Waals surface area contributed by atoms with Crippen molar-refractivity contribution < 1.29 is 23.9 Å². The zero-order chi connectivity index (χ0) is 27.1. The summed E-state index contributed by atoms with van der Waals surface area (Å²) in [5.41, 5.74) is 2.74. The Bertz CT molecular complexity index is 1510. The number of halogens is 1. The fourth-order valence-corrected chi connectivity index (χ4v) is 5.68. The van der Waals surface area contributed by atoms with Crippen molar-refractivity contribution in [3.63, 3.8) is 0 Å². The molecule has 0 saturated carbocycles. The lowest BCUT2D eigenvalue weighted by atomic mass is 9.90. The molecule has 3 heterocycles. The van der Waals surface area contributed by atoms with Gasteiger partial charge in [-0.3, -0.25) is 19.7 Å². The molecule has 1 unspecified atom stereocenters. The van der Waals surface area contributed by atoms with E-state index in [2.05, 4.69) is 16.0 Å². The average molecular weight is 545 g/mol. The van der Waals surface area contributed by atoms with Gasteiger partial charge in [0.05, 0.1) is 12.2 Å². The summed E-state index contributed by atoms with van der Waals surface area (Å²) in [7, 11) is 0. The molecule has 1 fully saturated rings. The highest BCUT2D eigenvalue weighted by molar-refractivity contribution is 6.30. The molecule has 0 radical (unpaired) electrons. The van der Waals surface area contributed by atoms with E-state index >= 15 is 0 Å². The van der Waals surface area contributed by atoms with Crippen LogP contribution < -0.4 is 16.0 Å². The molecule has 0 aliphatic carbocycles. The monoisotopic (exact) mass is 544 g/mol. The van der Waals surface area contributed by atoms with Gasteiger partial charge in [0.2, 0.25) is 5.91 Å². The first-order chi connectivity index (χ1) is 18.8. The molecule has 3 aromatic rings. The van der Waals surface area contributed by atoms with Crippen LogP contribution in [0.1, 0.15) is 43.8 Å². The van der Waals surface area contributed by atoms with E-state index in [0.29, 0.717) is 46.9 Å². The Hall–Kier alpha value is -4.37. The van der Waals surface area contributed by atoms with Gasteiger partial charge in [-0.25, -0.2) is 4.79 Å². The topological polar surface area (TPSA) is 117 Å². The van der Waals surface area contributed by atoms with Crippen LogP contribution in [0.5, 0.6) is 0 Å². The van der Waals surface area contributed by atoms with Gasteiger partial charge in [-0.15, -0.1) is 0 Å². The zero-order valence-electron chi connectivity index (χ0n) is 20.8. The Morgan fingerprint density at radius 1 is 1.08 bits per heavy atom. The minimum atomic E-state index is -1.03. The van der Waals surface area contributed by atoms with Crippen molar-refractivity contribution in [2.45, 2.75) is 31.0 Å². The first-order valence-electron chi connectivity index (χ1n) is 12.7. The van der Waals surface area contributed by atoms with Crippen LogP contribution in [0.2, 0.25) is 5.02 Å². The summed E-state index contributed by atoms with van der Waals surface area (Å²) in [6.45, 7) is 0.890. The molecule has 3 aliphatic rings. The highest BCUT2D eigenvalue weighted by atomic mass is 35.5. The molecule has 1 spiro atoms. The molecule has 6 rings (SSSR count). The van der Waals surface area contributed by atoms with Gasteiger partial charge in [-0.2, -0.15) is 0 Å². The van der Waals surface area contributed by atoms with Crippen LogP contribution in [0.15, 0.2) is 66.7 Å². The predicted octanol–water partition coefficient (Wildman–Crippen LogP) is 3.61. The van der Waals surface area contributed by atoms with Crippen molar-refractivity contribution in [1.29, 1.82) is 0 Å². The second-order valence-electron chi connectivity index (χ2n) is 9.98. The molecule has 3 aromatic carbocycles. The number of nitrogens with zero attached hydrogens (tertiary/aromatic N) is 1. The van der Waals surface area contributed by atoms with E-state index in [1.807, 2.05) is 30.3 Å². The summed E-state index contributed by atoms with van der Waals surface area (Å²) in [6, 6.07) is 18.6. The summed E-state index contributed by atoms with van der Waals surface area (Å²) >= 11 is 6.25. The molecular weight excluding hydrogens is 520 g/mol. The number of rotatable bonds is 5. The van der Waals surface area contributed by atoms with Gasteiger partial charge in [0.15, 0.2) is 5.60 Å². The number of carbonyl (C=O) groups is 4. The molecule has 10 heteroatoms. The Morgan fingerprint density at radius 3 is 2.72 bits per heavy atom. The number of amides is 4. The highest BCUT2D eigenvalue weighted by Crippen LogP contribution is 2.43. The smallest absolute Gasteiger partial charge is 0.412 e. The molecule has 1 saturated heterocycles. The second kappa shape index (κ2) is 9.74. The van der Waals surface area contributed by atoms with Crippen LogP contribution in [0.25, 0.3) is 0 Å². The zero-order valence-corrected chi connectivity index (χ0v) is 21.6. The molecule has 198 valence electrons. The van der Waals surface area contributed by atoms with Gasteiger partial charge in [0, 0.05) is 47.6 Å². The molecule has 39 heavy (non-hydrogen) atoms. The summed E-state index contributed by atoms with van der Waals surface area (Å²) in [6.07, 6.45) is 0.0733. The van der Waals surface area contributed by atoms with Gasteiger partial charge in [-0.1, -0.05) is 48.0 Å². The Balaban J connectivity index is 1.26. The van der Waals surface area contributed by atoms with E-state index in [4.69, 9.17) is 16.3 Å². The molecular formula is C29H25ClN4O5. The maximum atomic E-state index is 13.9. The van der Waals surface area contributed by atoms with Crippen molar-refractivity contribution in [2.75, 3.05) is 18.4 Å². The van der Waals surface area contributed by atoms with Gasteiger partial charge < -0.3 is 20.3 Å². The number of benzene rings is 3. The van der Waals surface area contributed by atoms with E-state index < -0.39 is 23.6 Å². The number of fused-ring (bicyclic) bond motifs is 3. The lowest BCUT2D eigenvalue weighted by Crippen LogP contribution is -2.50. The van der Waals surface area contributed by atoms with Gasteiger partial charge in [0.25, 0.3) is 11.8 Å². The van der Waals surface area contributed by atoms with Crippen LogP contribution in [-0.4, -0.2) is 47.8 Å². The predicted molar refractivity (Wildman–Crippen MR) is 143 cm³/mol. The fraction of sp³-hybridized carbons (Fsp3) is 0.241. The molecule has 4 amide bonds. The third-order valence-corrected chi connectivity index (χ3v) is 7.72. The molecule has 0 aromatic heterocycles. The first-order valence-corrected chi connectivity index (χ1v) is 13.0. The number of carbonyl (C=O) groups excluding carboxylic acids is 4. The van der Waals surface area contributed by atoms with E-state index in [1.165, 1.54) is 0 Å². The summed E-state index contributed by atoms with van der Waals surface area (Å²) in [5.74, 6) is -0.969. The highest BCUT2D eigenvalue weighted by Gasteiger charge is 2.49. The first kappa shape index (κ1) is 24.9. The third-order valence-electron chi connectivity index (χ3n) is 7.48. The maximum absolute atomic E-state index is 13.9. The van der Waals surface area contributed by atoms with Crippen molar-refractivity contribution in [3.05, 3.63) is 99.6 Å². The van der Waals surface area contributed by atoms with Gasteiger partial charge in [-0.05, 0) is 41.5 Å². The molecule has 3 aliphatic heterocycles. The largest absolute Gasteiger partial charge is 0.436 e. The van der Waals surface area contributed by atoms with Crippen molar-refractivity contribution >= 4 is 41.1 Å². The fourth-order valence-electron chi connectivity index (χ4n) is 5.51.